The van der Waals surface area contributed by atoms with Crippen molar-refractivity contribution in [1.29, 1.82) is 0 Å². The van der Waals surface area contributed by atoms with Crippen molar-refractivity contribution in [2.24, 2.45) is 0 Å². The normalized spacial score (nSPS) is 17.1. The van der Waals surface area contributed by atoms with E-state index in [1.54, 1.807) is 0 Å². The predicted molar refractivity (Wildman–Crippen MR) is 71.6 cm³/mol. The summed E-state index contributed by atoms with van der Waals surface area (Å²) in [5.41, 5.74) is 3.95. The van der Waals surface area contributed by atoms with E-state index in [1.807, 2.05) is 0 Å². The van der Waals surface area contributed by atoms with Gasteiger partial charge >= 0.3 is 0 Å². The van der Waals surface area contributed by atoms with E-state index in [1.165, 1.54) is 16.8 Å². The number of rotatable bonds is 1. The van der Waals surface area contributed by atoms with E-state index in [4.69, 9.17) is 4.74 Å². The van der Waals surface area contributed by atoms with E-state index >= 15 is 0 Å². The number of aryl methyl sites for hydroxylation is 1. The van der Waals surface area contributed by atoms with Gasteiger partial charge in [-0.3, -0.25) is 0 Å². The van der Waals surface area contributed by atoms with Gasteiger partial charge in [0.2, 0.25) is 5.75 Å². The van der Waals surface area contributed by atoms with Crippen LogP contribution in [0.3, 0.4) is 0 Å². The highest BCUT2D eigenvalue weighted by atomic mass is 16.5. The smallest absolute Gasteiger partial charge is 0.292 e. The Labute approximate surface area is 104 Å². The molecule has 0 aromatic heterocycles. The summed E-state index contributed by atoms with van der Waals surface area (Å²) < 4.78 is 8.08. The van der Waals surface area contributed by atoms with Crippen LogP contribution < -0.4 is 4.74 Å². The van der Waals surface area contributed by atoms with Crippen molar-refractivity contribution in [3.63, 3.8) is 0 Å². The van der Waals surface area contributed by atoms with Gasteiger partial charge in [0.15, 0.2) is 0 Å². The third-order valence-electron chi connectivity index (χ3n) is 3.08. The molecule has 1 aromatic carbocycles. The summed E-state index contributed by atoms with van der Waals surface area (Å²) >= 11 is 0. The molecule has 2 heteroatoms. The Balaban J connectivity index is 2.61. The van der Waals surface area contributed by atoms with Crippen LogP contribution in [0.4, 0.5) is 5.69 Å². The summed E-state index contributed by atoms with van der Waals surface area (Å²) in [5.74, 6) is 1.06. The molecule has 0 N–H and O–H groups in total. The van der Waals surface area contributed by atoms with Gasteiger partial charge in [0.1, 0.15) is 6.21 Å². The highest BCUT2D eigenvalue weighted by Gasteiger charge is 2.32. The first kappa shape index (κ1) is 12.2. The molecular weight excluding hydrogens is 210 g/mol. The fourth-order valence-corrected chi connectivity index (χ4v) is 2.25. The van der Waals surface area contributed by atoms with Crippen LogP contribution in [0, 0.1) is 6.92 Å². The van der Waals surface area contributed by atoms with Gasteiger partial charge in [-0.25, -0.2) is 0 Å². The van der Waals surface area contributed by atoms with Gasteiger partial charge in [-0.05, 0) is 17.9 Å². The number of hydrogen-bond donors (Lipinski definition) is 0. The Morgan fingerprint density at radius 2 is 2.06 bits per heavy atom. The molecule has 0 radical (unpaired) electrons. The molecule has 0 saturated heterocycles. The molecule has 0 aliphatic carbocycles. The number of nitrogens with zero attached hydrogens (tertiary/aromatic N) is 1. The lowest BCUT2D eigenvalue weighted by atomic mass is 9.85. The summed E-state index contributed by atoms with van der Waals surface area (Å²) in [4.78, 5) is 0. The fraction of sp³-hybridized carbons (Fsp3) is 0.533. The molecule has 0 amide bonds. The first-order valence-corrected chi connectivity index (χ1v) is 6.31. The van der Waals surface area contributed by atoms with Crippen LogP contribution in [0.25, 0.3) is 0 Å². The second-order valence-corrected chi connectivity index (χ2v) is 5.74. The molecule has 0 spiro atoms. The zero-order valence-electron chi connectivity index (χ0n) is 11.5. The number of benzene rings is 1. The lowest BCUT2D eigenvalue weighted by Crippen LogP contribution is -2.12. The van der Waals surface area contributed by atoms with Crippen molar-refractivity contribution >= 4 is 11.9 Å². The van der Waals surface area contributed by atoms with Crippen LogP contribution in [-0.2, 0) is 5.41 Å². The predicted octanol–water partition coefficient (Wildman–Crippen LogP) is 3.77. The summed E-state index contributed by atoms with van der Waals surface area (Å²) in [6.07, 6.45) is 3.22. The second kappa shape index (κ2) is 4.17. The SMILES string of the molecule is CC/C=[N+]1/COc2c1cc(C)cc2C(C)(C)C. The molecule has 1 aliphatic rings. The Bertz CT molecular complexity index is 467. The molecular formula is C15H22NO+. The van der Waals surface area contributed by atoms with Gasteiger partial charge in [-0.15, -0.1) is 0 Å². The molecule has 2 rings (SSSR count). The number of fused-ring (bicyclic) bond motifs is 1. The molecule has 0 saturated carbocycles. The highest BCUT2D eigenvalue weighted by molar-refractivity contribution is 5.62. The van der Waals surface area contributed by atoms with Gasteiger partial charge < -0.3 is 4.74 Å². The first-order chi connectivity index (χ1) is 7.93. The van der Waals surface area contributed by atoms with E-state index in [0.717, 1.165) is 12.2 Å². The molecule has 2 nitrogen and oxygen atoms in total. The fourth-order valence-electron chi connectivity index (χ4n) is 2.25. The maximum absolute atomic E-state index is 5.87. The van der Waals surface area contributed by atoms with Crippen LogP contribution in [-0.4, -0.2) is 17.5 Å². The Hall–Kier alpha value is -1.31. The van der Waals surface area contributed by atoms with Crippen LogP contribution in [0.5, 0.6) is 5.75 Å². The minimum atomic E-state index is 0.123. The van der Waals surface area contributed by atoms with Crippen molar-refractivity contribution in [3.05, 3.63) is 23.3 Å². The largest absolute Gasteiger partial charge is 0.429 e. The van der Waals surface area contributed by atoms with Crippen LogP contribution >= 0.6 is 0 Å². The molecule has 17 heavy (non-hydrogen) atoms. The van der Waals surface area contributed by atoms with Crippen molar-refractivity contribution in [3.8, 4) is 5.75 Å². The van der Waals surface area contributed by atoms with E-state index in [0.29, 0.717) is 6.73 Å². The van der Waals surface area contributed by atoms with Crippen molar-refractivity contribution < 1.29 is 9.31 Å². The van der Waals surface area contributed by atoms with Gasteiger partial charge in [0.05, 0.1) is 0 Å². The van der Waals surface area contributed by atoms with Crippen molar-refractivity contribution in [2.45, 2.75) is 46.5 Å². The van der Waals surface area contributed by atoms with Crippen molar-refractivity contribution in [2.75, 3.05) is 6.73 Å². The summed E-state index contributed by atoms with van der Waals surface area (Å²) in [6.45, 7) is 11.7. The Kier molecular flexibility index (Phi) is 2.98. The average molecular weight is 232 g/mol. The van der Waals surface area contributed by atoms with Crippen LogP contribution in [0.2, 0.25) is 0 Å². The van der Waals surface area contributed by atoms with Gasteiger partial charge in [0.25, 0.3) is 12.4 Å². The minimum absolute atomic E-state index is 0.123. The van der Waals surface area contributed by atoms with E-state index < -0.39 is 0 Å². The van der Waals surface area contributed by atoms with Gasteiger partial charge in [-0.1, -0.05) is 33.8 Å². The zero-order valence-corrected chi connectivity index (χ0v) is 11.5. The molecule has 0 atom stereocenters. The average Bonchev–Trinajstić information content (AvgIpc) is 2.60. The highest BCUT2D eigenvalue weighted by Crippen LogP contribution is 2.42. The van der Waals surface area contributed by atoms with E-state index in [-0.39, 0.29) is 5.41 Å². The maximum atomic E-state index is 5.87. The minimum Gasteiger partial charge on any atom is -0.429 e. The molecule has 92 valence electrons. The standard InChI is InChI=1S/C15H22NO/c1-6-7-16-10-17-14-12(15(3,4)5)8-11(2)9-13(14)16/h7-9H,6,10H2,1-5H3/q+1/b16-7-. The summed E-state index contributed by atoms with van der Waals surface area (Å²) in [7, 11) is 0. The number of ether oxygens (including phenoxy) is 1. The second-order valence-electron chi connectivity index (χ2n) is 5.74. The third-order valence-corrected chi connectivity index (χ3v) is 3.08. The summed E-state index contributed by atoms with van der Waals surface area (Å²) in [5, 5.41) is 0. The number of hydrogen-bond acceptors (Lipinski definition) is 1. The maximum Gasteiger partial charge on any atom is 0.292 e. The van der Waals surface area contributed by atoms with E-state index in [2.05, 4.69) is 57.5 Å². The lowest BCUT2D eigenvalue weighted by Gasteiger charge is -2.20. The monoisotopic (exact) mass is 232 g/mol. The molecule has 1 heterocycles. The molecule has 1 aromatic rings. The van der Waals surface area contributed by atoms with Crippen LogP contribution in [0.1, 0.15) is 45.2 Å². The van der Waals surface area contributed by atoms with Gasteiger partial charge in [0, 0.05) is 18.1 Å². The Morgan fingerprint density at radius 1 is 1.35 bits per heavy atom. The lowest BCUT2D eigenvalue weighted by molar-refractivity contribution is -0.454. The van der Waals surface area contributed by atoms with Crippen molar-refractivity contribution in [1.82, 2.24) is 0 Å². The Morgan fingerprint density at radius 3 is 2.65 bits per heavy atom. The summed E-state index contributed by atoms with van der Waals surface area (Å²) in [6, 6.07) is 4.46. The molecule has 0 fully saturated rings. The van der Waals surface area contributed by atoms with Crippen LogP contribution in [0.15, 0.2) is 12.1 Å². The topological polar surface area (TPSA) is 12.2 Å². The molecule has 1 aliphatic heterocycles. The zero-order chi connectivity index (χ0) is 12.6. The van der Waals surface area contributed by atoms with E-state index in [9.17, 15) is 0 Å². The molecule has 0 bridgehead atoms. The third kappa shape index (κ3) is 2.21. The molecule has 0 unspecified atom stereocenters. The quantitative estimate of drug-likeness (QED) is 0.671. The van der Waals surface area contributed by atoms with Gasteiger partial charge in [-0.2, -0.15) is 4.58 Å². The first-order valence-electron chi connectivity index (χ1n) is 6.31.